The highest BCUT2D eigenvalue weighted by Crippen LogP contribution is 2.24. The highest BCUT2D eigenvalue weighted by molar-refractivity contribution is 5.90. The lowest BCUT2D eigenvalue weighted by molar-refractivity contribution is -0.162. The summed E-state index contributed by atoms with van der Waals surface area (Å²) in [5.74, 6) is 1.19. The largest absolute Gasteiger partial charge is 0.508 e. The molecule has 0 bridgehead atoms. The van der Waals surface area contributed by atoms with Gasteiger partial charge in [-0.15, -0.1) is 0 Å². The molecular weight excluding hydrogens is 282 g/mol. The Morgan fingerprint density at radius 2 is 1.86 bits per heavy atom. The highest BCUT2D eigenvalue weighted by Gasteiger charge is 2.03. The molecule has 0 aliphatic heterocycles. The number of ether oxygens (including phenoxy) is 1. The van der Waals surface area contributed by atoms with Gasteiger partial charge < -0.3 is 9.84 Å². The molecule has 0 aliphatic carbocycles. The summed E-state index contributed by atoms with van der Waals surface area (Å²) in [5.41, 5.74) is 0.828. The number of phenols is 1. The summed E-state index contributed by atoms with van der Waals surface area (Å²) < 4.78 is 5.68. The van der Waals surface area contributed by atoms with Gasteiger partial charge in [-0.25, -0.2) is 5.06 Å². The number of carbonyl (C=O) groups is 1. The second kappa shape index (κ2) is 7.28. The van der Waals surface area contributed by atoms with Crippen LogP contribution in [0.25, 0.3) is 6.08 Å². The van der Waals surface area contributed by atoms with Crippen molar-refractivity contribution >= 4 is 12.0 Å². The van der Waals surface area contributed by atoms with Crippen LogP contribution in [0.4, 0.5) is 0 Å². The topological polar surface area (TPSA) is 59.0 Å². The molecular formula is C17H17NO4. The van der Waals surface area contributed by atoms with E-state index in [-0.39, 0.29) is 11.7 Å². The maximum Gasteiger partial charge on any atom is 0.269 e. The minimum absolute atomic E-state index is 0.185. The minimum Gasteiger partial charge on any atom is -0.508 e. The van der Waals surface area contributed by atoms with E-state index in [9.17, 15) is 9.90 Å². The van der Waals surface area contributed by atoms with Crippen LogP contribution in [0.15, 0.2) is 54.6 Å². The van der Waals surface area contributed by atoms with Crippen molar-refractivity contribution in [2.75, 3.05) is 14.2 Å². The van der Waals surface area contributed by atoms with E-state index < -0.39 is 0 Å². The van der Waals surface area contributed by atoms with Crippen LogP contribution in [0, 0.1) is 0 Å². The molecule has 1 N–H and O–H groups in total. The summed E-state index contributed by atoms with van der Waals surface area (Å²) in [4.78, 5) is 16.4. The maximum absolute atomic E-state index is 11.6. The fourth-order valence-electron chi connectivity index (χ4n) is 1.69. The molecule has 0 saturated heterocycles. The van der Waals surface area contributed by atoms with Crippen LogP contribution in [0.3, 0.4) is 0 Å². The zero-order valence-electron chi connectivity index (χ0n) is 12.4. The van der Waals surface area contributed by atoms with E-state index in [0.717, 1.165) is 10.6 Å². The zero-order chi connectivity index (χ0) is 15.9. The summed E-state index contributed by atoms with van der Waals surface area (Å²) in [7, 11) is 2.97. The molecule has 0 saturated carbocycles. The number of hydrogen-bond donors (Lipinski definition) is 1. The number of phenolic OH excluding ortho intramolecular Hbond substituents is 1. The van der Waals surface area contributed by atoms with Gasteiger partial charge in [-0.05, 0) is 48.0 Å². The first kappa shape index (κ1) is 15.6. The number of rotatable bonds is 5. The molecule has 1 amide bonds. The van der Waals surface area contributed by atoms with Gasteiger partial charge in [-0.1, -0.05) is 12.1 Å². The smallest absolute Gasteiger partial charge is 0.269 e. The summed E-state index contributed by atoms with van der Waals surface area (Å²) in [6.45, 7) is 0. The van der Waals surface area contributed by atoms with Gasteiger partial charge in [-0.2, -0.15) is 0 Å². The SMILES string of the molecule is CON(C)C(=O)/C=C/c1cccc(Oc2ccc(O)cc2)c1. The summed E-state index contributed by atoms with van der Waals surface area (Å²) in [6.07, 6.45) is 3.10. The summed E-state index contributed by atoms with van der Waals surface area (Å²) in [5, 5.41) is 10.4. The molecule has 0 heterocycles. The number of aromatic hydroxyl groups is 1. The predicted molar refractivity (Wildman–Crippen MR) is 83.4 cm³/mol. The molecule has 2 rings (SSSR count). The van der Waals surface area contributed by atoms with Gasteiger partial charge in [0.25, 0.3) is 5.91 Å². The number of amides is 1. The van der Waals surface area contributed by atoms with Crippen LogP contribution < -0.4 is 4.74 Å². The molecule has 0 unspecified atom stereocenters. The van der Waals surface area contributed by atoms with E-state index in [1.54, 1.807) is 30.3 Å². The van der Waals surface area contributed by atoms with Crippen molar-refractivity contribution in [3.63, 3.8) is 0 Å². The zero-order valence-corrected chi connectivity index (χ0v) is 12.4. The summed E-state index contributed by atoms with van der Waals surface area (Å²) in [6, 6.07) is 13.8. The number of carbonyl (C=O) groups excluding carboxylic acids is 1. The standard InChI is InChI=1S/C17H17NO4/c1-18(21-2)17(20)11-6-13-4-3-5-16(12-13)22-15-9-7-14(19)8-10-15/h3-12,19H,1-2H3/b11-6+. The van der Waals surface area contributed by atoms with Crippen molar-refractivity contribution in [2.24, 2.45) is 0 Å². The number of hydrogen-bond acceptors (Lipinski definition) is 4. The highest BCUT2D eigenvalue weighted by atomic mass is 16.7. The summed E-state index contributed by atoms with van der Waals surface area (Å²) >= 11 is 0. The fourth-order valence-corrected chi connectivity index (χ4v) is 1.69. The number of benzene rings is 2. The quantitative estimate of drug-likeness (QED) is 0.680. The van der Waals surface area contributed by atoms with Crippen LogP contribution in [0.2, 0.25) is 0 Å². The fraction of sp³-hybridized carbons (Fsp3) is 0.118. The molecule has 0 fully saturated rings. The normalized spacial score (nSPS) is 10.6. The Kier molecular flexibility index (Phi) is 5.16. The molecule has 0 radical (unpaired) electrons. The van der Waals surface area contributed by atoms with Crippen molar-refractivity contribution in [3.8, 4) is 17.2 Å². The lowest BCUT2D eigenvalue weighted by Crippen LogP contribution is -2.22. The van der Waals surface area contributed by atoms with Crippen molar-refractivity contribution in [1.82, 2.24) is 5.06 Å². The Balaban J connectivity index is 2.08. The number of likely N-dealkylation sites (N-methyl/N-ethyl adjacent to an activating group) is 1. The third-order valence-corrected chi connectivity index (χ3v) is 2.93. The van der Waals surface area contributed by atoms with Crippen LogP contribution in [-0.4, -0.2) is 30.2 Å². The van der Waals surface area contributed by atoms with Crippen LogP contribution >= 0.6 is 0 Å². The first-order valence-corrected chi connectivity index (χ1v) is 6.65. The van der Waals surface area contributed by atoms with Gasteiger partial charge in [0, 0.05) is 13.1 Å². The van der Waals surface area contributed by atoms with Gasteiger partial charge in [-0.3, -0.25) is 9.63 Å². The first-order chi connectivity index (χ1) is 10.6. The monoisotopic (exact) mass is 299 g/mol. The Morgan fingerprint density at radius 3 is 2.55 bits per heavy atom. The van der Waals surface area contributed by atoms with Gasteiger partial charge >= 0.3 is 0 Å². The van der Waals surface area contributed by atoms with Crippen molar-refractivity contribution in [1.29, 1.82) is 0 Å². The third kappa shape index (κ3) is 4.36. The van der Waals surface area contributed by atoms with Gasteiger partial charge in [0.15, 0.2) is 0 Å². The molecule has 0 spiro atoms. The second-order valence-electron chi connectivity index (χ2n) is 4.52. The molecule has 2 aromatic rings. The van der Waals surface area contributed by atoms with E-state index in [1.165, 1.54) is 20.2 Å². The molecule has 2 aromatic carbocycles. The number of hydroxylamine groups is 2. The van der Waals surface area contributed by atoms with E-state index in [4.69, 9.17) is 9.57 Å². The third-order valence-electron chi connectivity index (χ3n) is 2.93. The molecule has 5 heteroatoms. The first-order valence-electron chi connectivity index (χ1n) is 6.65. The minimum atomic E-state index is -0.257. The van der Waals surface area contributed by atoms with E-state index in [0.29, 0.717) is 11.5 Å². The second-order valence-corrected chi connectivity index (χ2v) is 4.52. The molecule has 0 aliphatic rings. The van der Waals surface area contributed by atoms with Crippen molar-refractivity contribution in [2.45, 2.75) is 0 Å². The van der Waals surface area contributed by atoms with E-state index in [1.807, 2.05) is 24.3 Å². The van der Waals surface area contributed by atoms with Gasteiger partial charge in [0.05, 0.1) is 7.11 Å². The Labute approximate surface area is 129 Å². The van der Waals surface area contributed by atoms with Crippen molar-refractivity contribution in [3.05, 3.63) is 60.2 Å². The van der Waals surface area contributed by atoms with Crippen molar-refractivity contribution < 1.29 is 19.5 Å². The molecule has 5 nitrogen and oxygen atoms in total. The average molecular weight is 299 g/mol. The lowest BCUT2D eigenvalue weighted by atomic mass is 10.2. The molecule has 0 aromatic heterocycles. The van der Waals surface area contributed by atoms with E-state index in [2.05, 4.69) is 0 Å². The molecule has 22 heavy (non-hydrogen) atoms. The van der Waals surface area contributed by atoms with Crippen LogP contribution in [0.5, 0.6) is 17.2 Å². The molecule has 114 valence electrons. The predicted octanol–water partition coefficient (Wildman–Crippen LogP) is 3.22. The van der Waals surface area contributed by atoms with E-state index >= 15 is 0 Å². The molecule has 0 atom stereocenters. The van der Waals surface area contributed by atoms with Gasteiger partial charge in [0.1, 0.15) is 17.2 Å². The number of nitrogens with zero attached hydrogens (tertiary/aromatic N) is 1. The van der Waals surface area contributed by atoms with Crippen LogP contribution in [0.1, 0.15) is 5.56 Å². The lowest BCUT2D eigenvalue weighted by Gasteiger charge is -2.10. The average Bonchev–Trinajstić information content (AvgIpc) is 2.54. The Hall–Kier alpha value is -2.79. The Morgan fingerprint density at radius 1 is 1.14 bits per heavy atom. The Bertz CT molecular complexity index is 665. The maximum atomic E-state index is 11.6. The van der Waals surface area contributed by atoms with Crippen LogP contribution in [-0.2, 0) is 9.63 Å². The van der Waals surface area contributed by atoms with Gasteiger partial charge in [0.2, 0.25) is 0 Å².